The van der Waals surface area contributed by atoms with Crippen molar-refractivity contribution in [2.24, 2.45) is 0 Å². The Hall–Kier alpha value is -1.67. The van der Waals surface area contributed by atoms with E-state index in [0.29, 0.717) is 25.3 Å². The summed E-state index contributed by atoms with van der Waals surface area (Å²) < 4.78 is 44.4. The molecule has 2 aliphatic heterocycles. The van der Waals surface area contributed by atoms with Crippen molar-refractivity contribution in [1.29, 1.82) is 0 Å². The molecule has 1 saturated heterocycles. The molecule has 0 spiro atoms. The molecule has 6 nitrogen and oxygen atoms in total. The maximum Gasteiger partial charge on any atom is 0.224 e. The molecule has 1 amide bonds. The number of nitrogens with zero attached hydrogens (tertiary/aromatic N) is 1. The number of halogens is 1. The summed E-state index contributed by atoms with van der Waals surface area (Å²) in [5.74, 6) is -0.0236. The van der Waals surface area contributed by atoms with Gasteiger partial charge in [-0.2, -0.15) is 0 Å². The highest BCUT2D eigenvalue weighted by molar-refractivity contribution is 7.89. The van der Waals surface area contributed by atoms with Gasteiger partial charge in [0, 0.05) is 30.1 Å². The van der Waals surface area contributed by atoms with Gasteiger partial charge in [-0.3, -0.25) is 4.79 Å². The number of rotatable bonds is 2. The molecule has 1 fully saturated rings. The number of carbonyl (C=O) groups is 1. The predicted octanol–water partition coefficient (Wildman–Crippen LogP) is 1.02. The summed E-state index contributed by atoms with van der Waals surface area (Å²) in [6, 6.07) is 4.26. The minimum atomic E-state index is -3.28. The number of ether oxygens (including phenoxy) is 1. The second-order valence-corrected chi connectivity index (χ2v) is 8.17. The smallest absolute Gasteiger partial charge is 0.224 e. The summed E-state index contributed by atoms with van der Waals surface area (Å²) >= 11 is 0. The molecule has 0 aliphatic carbocycles. The Balaban J connectivity index is 1.72. The summed E-state index contributed by atoms with van der Waals surface area (Å²) in [5.41, 5.74) is 0.00346. The van der Waals surface area contributed by atoms with Crippen LogP contribution in [0.2, 0.25) is 0 Å². The van der Waals surface area contributed by atoms with E-state index >= 15 is 0 Å². The highest BCUT2D eigenvalue weighted by Crippen LogP contribution is 2.27. The van der Waals surface area contributed by atoms with Crippen LogP contribution in [0.1, 0.15) is 25.3 Å². The van der Waals surface area contributed by atoms with E-state index in [1.54, 1.807) is 17.9 Å². The molecule has 0 saturated carbocycles. The maximum absolute atomic E-state index is 13.3. The van der Waals surface area contributed by atoms with Crippen molar-refractivity contribution in [2.45, 2.75) is 31.8 Å². The van der Waals surface area contributed by atoms with Gasteiger partial charge in [0.15, 0.2) is 0 Å². The highest BCUT2D eigenvalue weighted by atomic mass is 32.2. The van der Waals surface area contributed by atoms with Gasteiger partial charge in [0.25, 0.3) is 0 Å². The minimum Gasteiger partial charge on any atom is -0.491 e. The van der Waals surface area contributed by atoms with Gasteiger partial charge in [-0.25, -0.2) is 17.5 Å². The first-order valence-corrected chi connectivity index (χ1v) is 9.12. The van der Waals surface area contributed by atoms with Crippen LogP contribution in [0, 0.1) is 5.82 Å². The predicted molar refractivity (Wildman–Crippen MR) is 81.9 cm³/mol. The first-order chi connectivity index (χ1) is 10.8. The lowest BCUT2D eigenvalue weighted by Crippen LogP contribution is -2.44. The number of benzene rings is 1. The van der Waals surface area contributed by atoms with Gasteiger partial charge in [0.05, 0.1) is 12.3 Å². The van der Waals surface area contributed by atoms with Gasteiger partial charge >= 0.3 is 0 Å². The van der Waals surface area contributed by atoms with E-state index in [4.69, 9.17) is 4.74 Å². The number of fused-ring (bicyclic) bond motifs is 1. The largest absolute Gasteiger partial charge is 0.491 e. The van der Waals surface area contributed by atoms with Crippen LogP contribution in [0.15, 0.2) is 18.2 Å². The number of hydrogen-bond donors (Lipinski definition) is 1. The van der Waals surface area contributed by atoms with Gasteiger partial charge in [-0.15, -0.1) is 0 Å². The van der Waals surface area contributed by atoms with Crippen LogP contribution in [-0.2, 0) is 21.4 Å². The zero-order valence-electron chi connectivity index (χ0n) is 12.8. The van der Waals surface area contributed by atoms with Crippen molar-refractivity contribution in [2.75, 3.05) is 18.9 Å². The van der Waals surface area contributed by atoms with Gasteiger partial charge in [0.1, 0.15) is 18.2 Å². The summed E-state index contributed by atoms with van der Waals surface area (Å²) in [7, 11) is -3.28. The number of sulfonamides is 1. The average Bonchev–Trinajstić information content (AvgIpc) is 2.62. The van der Waals surface area contributed by atoms with E-state index in [9.17, 15) is 17.6 Å². The number of carbonyl (C=O) groups excluding carboxylic acids is 1. The monoisotopic (exact) mass is 342 g/mol. The Kier molecular flexibility index (Phi) is 4.05. The van der Waals surface area contributed by atoms with Crippen molar-refractivity contribution in [3.05, 3.63) is 29.6 Å². The Morgan fingerprint density at radius 2 is 2.26 bits per heavy atom. The first kappa shape index (κ1) is 16.2. The van der Waals surface area contributed by atoms with E-state index in [1.807, 2.05) is 0 Å². The van der Waals surface area contributed by atoms with Crippen LogP contribution >= 0.6 is 0 Å². The van der Waals surface area contributed by atoms with Crippen molar-refractivity contribution >= 4 is 15.9 Å². The van der Waals surface area contributed by atoms with Crippen LogP contribution in [-0.4, -0.2) is 43.7 Å². The third kappa shape index (κ3) is 3.64. The molecular formula is C15H19FN2O4S. The summed E-state index contributed by atoms with van der Waals surface area (Å²) in [6.45, 7) is 2.74. The Morgan fingerprint density at radius 3 is 2.96 bits per heavy atom. The lowest BCUT2D eigenvalue weighted by atomic mass is 9.95. The fraction of sp³-hybridized carbons (Fsp3) is 0.533. The lowest BCUT2D eigenvalue weighted by molar-refractivity contribution is -0.133. The molecule has 1 unspecified atom stereocenters. The molecule has 8 heteroatoms. The second-order valence-electron chi connectivity index (χ2n) is 6.32. The Labute approximate surface area is 134 Å². The van der Waals surface area contributed by atoms with E-state index in [-0.39, 0.29) is 30.5 Å². The van der Waals surface area contributed by atoms with E-state index in [1.165, 1.54) is 12.1 Å². The third-order valence-corrected chi connectivity index (χ3v) is 5.77. The van der Waals surface area contributed by atoms with Gasteiger partial charge in [-0.1, -0.05) is 6.07 Å². The SMILES string of the molecule is CC1(CC(=O)N2CCOc3cc(F)ccc3C2)CCS(=O)(=O)N1. The molecule has 0 bridgehead atoms. The van der Waals surface area contributed by atoms with Gasteiger partial charge in [-0.05, 0) is 19.4 Å². The summed E-state index contributed by atoms with van der Waals surface area (Å²) in [5, 5.41) is 0. The zero-order chi connectivity index (χ0) is 16.7. The van der Waals surface area contributed by atoms with Crippen LogP contribution in [0.5, 0.6) is 5.75 Å². The van der Waals surface area contributed by atoms with Crippen molar-refractivity contribution in [3.8, 4) is 5.75 Å². The van der Waals surface area contributed by atoms with Gasteiger partial charge in [0.2, 0.25) is 15.9 Å². The molecule has 1 aromatic carbocycles. The Bertz CT molecular complexity index is 737. The van der Waals surface area contributed by atoms with E-state index < -0.39 is 15.6 Å². The summed E-state index contributed by atoms with van der Waals surface area (Å²) in [4.78, 5) is 14.2. The Morgan fingerprint density at radius 1 is 1.48 bits per heavy atom. The second kappa shape index (κ2) is 5.76. The average molecular weight is 342 g/mol. The normalized spacial score (nSPS) is 26.3. The molecule has 2 aliphatic rings. The molecule has 3 rings (SSSR count). The molecule has 23 heavy (non-hydrogen) atoms. The fourth-order valence-corrected chi connectivity index (χ4v) is 4.71. The molecular weight excluding hydrogens is 323 g/mol. The van der Waals surface area contributed by atoms with E-state index in [2.05, 4.69) is 4.72 Å². The first-order valence-electron chi connectivity index (χ1n) is 7.47. The molecule has 0 aromatic heterocycles. The lowest BCUT2D eigenvalue weighted by Gasteiger charge is -2.27. The topological polar surface area (TPSA) is 75.7 Å². The van der Waals surface area contributed by atoms with Gasteiger partial charge < -0.3 is 9.64 Å². The maximum atomic E-state index is 13.3. The summed E-state index contributed by atoms with van der Waals surface area (Å²) in [6.07, 6.45) is 0.510. The van der Waals surface area contributed by atoms with Crippen LogP contribution in [0.4, 0.5) is 4.39 Å². The highest BCUT2D eigenvalue weighted by Gasteiger charge is 2.40. The number of nitrogens with one attached hydrogen (secondary N) is 1. The molecule has 0 radical (unpaired) electrons. The molecule has 126 valence electrons. The molecule has 1 aromatic rings. The van der Waals surface area contributed by atoms with Crippen LogP contribution in [0.25, 0.3) is 0 Å². The van der Waals surface area contributed by atoms with Crippen LogP contribution < -0.4 is 9.46 Å². The third-order valence-electron chi connectivity index (χ3n) is 4.23. The number of amides is 1. The zero-order valence-corrected chi connectivity index (χ0v) is 13.7. The van der Waals surface area contributed by atoms with Crippen LogP contribution in [0.3, 0.4) is 0 Å². The van der Waals surface area contributed by atoms with E-state index in [0.717, 1.165) is 5.56 Å². The van der Waals surface area contributed by atoms with Crippen molar-refractivity contribution in [3.63, 3.8) is 0 Å². The molecule has 1 atom stereocenters. The van der Waals surface area contributed by atoms with Crippen molar-refractivity contribution < 1.29 is 22.3 Å². The quantitative estimate of drug-likeness (QED) is 0.871. The number of hydrogen-bond acceptors (Lipinski definition) is 4. The standard InChI is InChI=1S/C15H19FN2O4S/c1-15(4-7-23(20,21)17-15)9-14(19)18-5-6-22-13-8-12(16)3-2-11(13)10-18/h2-3,8,17H,4-7,9-10H2,1H3. The molecule has 2 heterocycles. The van der Waals surface area contributed by atoms with Crippen molar-refractivity contribution in [1.82, 2.24) is 9.62 Å². The molecule has 1 N–H and O–H groups in total. The minimum absolute atomic E-state index is 0.0437. The fourth-order valence-electron chi connectivity index (χ4n) is 2.96.